The molecule has 20 heavy (non-hydrogen) atoms. The first-order valence-electron chi connectivity index (χ1n) is 7.70. The minimum absolute atomic E-state index is 0.308. The van der Waals surface area contributed by atoms with Crippen LogP contribution in [-0.2, 0) is 11.2 Å². The minimum atomic E-state index is 0.308. The molecule has 1 atom stereocenters. The highest BCUT2D eigenvalue weighted by Crippen LogP contribution is 2.40. The topological polar surface area (TPSA) is 47.0 Å². The molecular weight excluding hydrogens is 250 g/mol. The van der Waals surface area contributed by atoms with Crippen molar-refractivity contribution in [2.24, 2.45) is 5.41 Å². The molecule has 4 nitrogen and oxygen atoms in total. The summed E-state index contributed by atoms with van der Waals surface area (Å²) in [7, 11) is 2.03. The van der Waals surface area contributed by atoms with Crippen molar-refractivity contribution in [1.29, 1.82) is 0 Å². The van der Waals surface area contributed by atoms with Gasteiger partial charge in [-0.2, -0.15) is 0 Å². The van der Waals surface area contributed by atoms with Gasteiger partial charge in [-0.05, 0) is 38.1 Å². The summed E-state index contributed by atoms with van der Waals surface area (Å²) in [6, 6.07) is 0.387. The van der Waals surface area contributed by atoms with E-state index in [2.05, 4.69) is 30.3 Å². The van der Waals surface area contributed by atoms with E-state index in [1.165, 1.54) is 11.3 Å². The van der Waals surface area contributed by atoms with Crippen molar-refractivity contribution in [2.45, 2.75) is 51.5 Å². The van der Waals surface area contributed by atoms with Gasteiger partial charge in [0.1, 0.15) is 5.82 Å². The summed E-state index contributed by atoms with van der Waals surface area (Å²) in [5.74, 6) is 1.51. The second-order valence-electron chi connectivity index (χ2n) is 6.90. The molecule has 4 heteroatoms. The van der Waals surface area contributed by atoms with Gasteiger partial charge in [0, 0.05) is 42.6 Å². The zero-order valence-corrected chi connectivity index (χ0v) is 12.8. The third-order valence-electron chi connectivity index (χ3n) is 4.63. The number of ether oxygens (including phenoxy) is 1. The normalized spacial score (nSPS) is 26.2. The van der Waals surface area contributed by atoms with Crippen LogP contribution in [0.4, 0.5) is 0 Å². The summed E-state index contributed by atoms with van der Waals surface area (Å²) in [5.41, 5.74) is 2.85. The monoisotopic (exact) mass is 275 g/mol. The van der Waals surface area contributed by atoms with Gasteiger partial charge in [-0.1, -0.05) is 13.8 Å². The molecule has 1 aromatic rings. The van der Waals surface area contributed by atoms with Crippen molar-refractivity contribution < 1.29 is 4.74 Å². The molecule has 1 N–H and O–H groups in total. The number of fused-ring (bicyclic) bond motifs is 1. The van der Waals surface area contributed by atoms with Crippen molar-refractivity contribution in [1.82, 2.24) is 15.3 Å². The van der Waals surface area contributed by atoms with E-state index in [4.69, 9.17) is 9.72 Å². The maximum atomic E-state index is 5.44. The van der Waals surface area contributed by atoms with Crippen LogP contribution in [0.15, 0.2) is 6.20 Å². The molecular formula is C16H25N3O. The van der Waals surface area contributed by atoms with Gasteiger partial charge in [0.15, 0.2) is 0 Å². The lowest BCUT2D eigenvalue weighted by molar-refractivity contribution is 0.0834. The highest BCUT2D eigenvalue weighted by Gasteiger charge is 2.33. The van der Waals surface area contributed by atoms with E-state index in [0.29, 0.717) is 17.4 Å². The second-order valence-corrected chi connectivity index (χ2v) is 6.90. The average Bonchev–Trinajstić information content (AvgIpc) is 2.45. The Kier molecular flexibility index (Phi) is 3.78. The maximum Gasteiger partial charge on any atom is 0.131 e. The van der Waals surface area contributed by atoms with E-state index in [1.807, 2.05) is 7.05 Å². The third kappa shape index (κ3) is 2.72. The van der Waals surface area contributed by atoms with Gasteiger partial charge in [-0.15, -0.1) is 0 Å². The highest BCUT2D eigenvalue weighted by molar-refractivity contribution is 5.27. The molecule has 0 aromatic carbocycles. The molecule has 0 radical (unpaired) electrons. The molecule has 1 aromatic heterocycles. The minimum Gasteiger partial charge on any atom is -0.381 e. The van der Waals surface area contributed by atoms with Gasteiger partial charge in [0.25, 0.3) is 0 Å². The molecule has 1 unspecified atom stereocenters. The Bertz CT molecular complexity index is 481. The van der Waals surface area contributed by atoms with E-state index in [1.54, 1.807) is 0 Å². The molecule has 110 valence electrons. The van der Waals surface area contributed by atoms with Crippen LogP contribution in [-0.4, -0.2) is 30.2 Å². The van der Waals surface area contributed by atoms with Crippen molar-refractivity contribution in [3.63, 3.8) is 0 Å². The van der Waals surface area contributed by atoms with Crippen LogP contribution in [0.1, 0.15) is 62.2 Å². The molecule has 1 saturated heterocycles. The molecule has 0 saturated carbocycles. The van der Waals surface area contributed by atoms with Crippen molar-refractivity contribution >= 4 is 0 Å². The molecule has 1 aliphatic heterocycles. The molecule has 1 fully saturated rings. The number of hydrogen-bond acceptors (Lipinski definition) is 4. The predicted molar refractivity (Wildman–Crippen MR) is 78.7 cm³/mol. The average molecular weight is 275 g/mol. The number of aromatic nitrogens is 2. The van der Waals surface area contributed by atoms with Crippen LogP contribution in [0.25, 0.3) is 0 Å². The number of nitrogens with one attached hydrogen (secondary N) is 1. The third-order valence-corrected chi connectivity index (χ3v) is 4.63. The molecule has 2 aliphatic rings. The van der Waals surface area contributed by atoms with Gasteiger partial charge in [0.05, 0.1) is 0 Å². The number of rotatable bonds is 2. The first kappa shape index (κ1) is 14.0. The summed E-state index contributed by atoms with van der Waals surface area (Å²) >= 11 is 0. The summed E-state index contributed by atoms with van der Waals surface area (Å²) in [6.45, 7) is 6.35. The highest BCUT2D eigenvalue weighted by atomic mass is 16.5. The lowest BCUT2D eigenvalue weighted by Crippen LogP contribution is -2.33. The van der Waals surface area contributed by atoms with E-state index < -0.39 is 0 Å². The Morgan fingerprint density at radius 2 is 2.05 bits per heavy atom. The quantitative estimate of drug-likeness (QED) is 0.901. The van der Waals surface area contributed by atoms with Crippen LogP contribution < -0.4 is 5.32 Å². The zero-order chi connectivity index (χ0) is 14.2. The van der Waals surface area contributed by atoms with Gasteiger partial charge < -0.3 is 10.1 Å². The number of hydrogen-bond donors (Lipinski definition) is 1. The van der Waals surface area contributed by atoms with Crippen LogP contribution in [0.2, 0.25) is 0 Å². The standard InChI is InChI=1S/C16H25N3O/c1-16(2)8-13(17-3)12-10-18-15(19-14(12)9-16)11-4-6-20-7-5-11/h10-11,13,17H,4-9H2,1-3H3. The zero-order valence-electron chi connectivity index (χ0n) is 12.8. The largest absolute Gasteiger partial charge is 0.381 e. The Labute approximate surface area is 121 Å². The van der Waals surface area contributed by atoms with Gasteiger partial charge in [0.2, 0.25) is 0 Å². The maximum absolute atomic E-state index is 5.44. The Balaban J connectivity index is 1.91. The van der Waals surface area contributed by atoms with Gasteiger partial charge in [-0.25, -0.2) is 9.97 Å². The van der Waals surface area contributed by atoms with Crippen LogP contribution in [0.5, 0.6) is 0 Å². The molecule has 0 spiro atoms. The lowest BCUT2D eigenvalue weighted by Gasteiger charge is -2.36. The lowest BCUT2D eigenvalue weighted by atomic mass is 9.74. The van der Waals surface area contributed by atoms with Gasteiger partial charge >= 0.3 is 0 Å². The van der Waals surface area contributed by atoms with Crippen molar-refractivity contribution in [3.8, 4) is 0 Å². The van der Waals surface area contributed by atoms with E-state index in [-0.39, 0.29) is 0 Å². The summed E-state index contributed by atoms with van der Waals surface area (Å²) < 4.78 is 5.44. The SMILES string of the molecule is CNC1CC(C)(C)Cc2nc(C3CCOCC3)ncc21. The van der Waals surface area contributed by atoms with E-state index in [0.717, 1.165) is 44.7 Å². The van der Waals surface area contributed by atoms with Crippen molar-refractivity contribution in [2.75, 3.05) is 20.3 Å². The molecule has 1 aliphatic carbocycles. The van der Waals surface area contributed by atoms with Crippen molar-refractivity contribution in [3.05, 3.63) is 23.3 Å². The first-order valence-corrected chi connectivity index (χ1v) is 7.70. The fourth-order valence-electron chi connectivity index (χ4n) is 3.47. The predicted octanol–water partition coefficient (Wildman–Crippen LogP) is 2.60. The fourth-order valence-corrected chi connectivity index (χ4v) is 3.47. The first-order chi connectivity index (χ1) is 9.59. The molecule has 0 bridgehead atoms. The van der Waals surface area contributed by atoms with E-state index in [9.17, 15) is 0 Å². The Morgan fingerprint density at radius 1 is 1.30 bits per heavy atom. The molecule has 0 amide bonds. The van der Waals surface area contributed by atoms with Gasteiger partial charge in [-0.3, -0.25) is 0 Å². The second kappa shape index (κ2) is 5.41. The molecule has 3 rings (SSSR count). The van der Waals surface area contributed by atoms with E-state index >= 15 is 0 Å². The van der Waals surface area contributed by atoms with Crippen LogP contribution >= 0.6 is 0 Å². The van der Waals surface area contributed by atoms with Crippen LogP contribution in [0.3, 0.4) is 0 Å². The Hall–Kier alpha value is -1.00. The summed E-state index contributed by atoms with van der Waals surface area (Å²) in [5, 5.41) is 3.41. The smallest absolute Gasteiger partial charge is 0.131 e. The van der Waals surface area contributed by atoms with Crippen LogP contribution in [0, 0.1) is 5.41 Å². The summed E-state index contributed by atoms with van der Waals surface area (Å²) in [4.78, 5) is 9.58. The Morgan fingerprint density at radius 3 is 2.75 bits per heavy atom. The fraction of sp³-hybridized carbons (Fsp3) is 0.750. The summed E-state index contributed by atoms with van der Waals surface area (Å²) in [6.07, 6.45) is 6.37. The number of nitrogens with zero attached hydrogens (tertiary/aromatic N) is 2. The molecule has 2 heterocycles.